The van der Waals surface area contributed by atoms with Crippen molar-refractivity contribution >= 4 is 15.9 Å². The third-order valence-corrected chi connectivity index (χ3v) is 6.13. The zero-order valence-electron chi connectivity index (χ0n) is 18.0. The van der Waals surface area contributed by atoms with Crippen molar-refractivity contribution in [3.8, 4) is 11.5 Å². The van der Waals surface area contributed by atoms with Gasteiger partial charge in [-0.1, -0.05) is 19.9 Å². The van der Waals surface area contributed by atoms with Crippen molar-refractivity contribution in [3.05, 3.63) is 48.3 Å². The zero-order valence-corrected chi connectivity index (χ0v) is 18.8. The van der Waals surface area contributed by atoms with E-state index in [-0.39, 0.29) is 17.5 Å². The quantitative estimate of drug-likeness (QED) is 0.616. The molecule has 164 valence electrons. The van der Waals surface area contributed by atoms with Crippen LogP contribution in [0.2, 0.25) is 0 Å². The summed E-state index contributed by atoms with van der Waals surface area (Å²) in [4.78, 5) is 16.3. The lowest BCUT2D eigenvalue weighted by Crippen LogP contribution is -2.39. The molecule has 0 aliphatic carbocycles. The Kier molecular flexibility index (Phi) is 8.19. The minimum Gasteiger partial charge on any atom is -0.493 e. The van der Waals surface area contributed by atoms with E-state index in [1.165, 1.54) is 31.6 Å². The molecule has 1 amide bonds. The first-order valence-electron chi connectivity index (χ1n) is 9.61. The molecule has 1 aromatic heterocycles. The fourth-order valence-corrected chi connectivity index (χ4v) is 3.76. The van der Waals surface area contributed by atoms with Crippen molar-refractivity contribution in [3.63, 3.8) is 0 Å². The molecule has 0 bridgehead atoms. The molecule has 1 aromatic carbocycles. The topological polar surface area (TPSA) is 97.8 Å². The number of rotatable bonds is 10. The molecular formula is C21H29N3O5S. The van der Waals surface area contributed by atoms with E-state index in [2.05, 4.69) is 24.1 Å². The number of methoxy groups -OCH3 is 1. The number of benzene rings is 1. The standard InChI is InChI=1S/C21H29N3O5S/c1-15(2)14-29-19-9-8-17(11-20(19)28-5)16(3)23-21(25)13-24(4)30(26,27)18-7-6-10-22-12-18/h6-12,15-16H,13-14H2,1-5H3,(H,23,25). The highest BCUT2D eigenvalue weighted by Gasteiger charge is 2.24. The molecular weight excluding hydrogens is 406 g/mol. The first-order chi connectivity index (χ1) is 14.1. The summed E-state index contributed by atoms with van der Waals surface area (Å²) in [5, 5.41) is 2.81. The van der Waals surface area contributed by atoms with Gasteiger partial charge in [-0.3, -0.25) is 9.78 Å². The van der Waals surface area contributed by atoms with Gasteiger partial charge in [0.2, 0.25) is 15.9 Å². The Morgan fingerprint density at radius 2 is 1.93 bits per heavy atom. The lowest BCUT2D eigenvalue weighted by molar-refractivity contribution is -0.121. The van der Waals surface area contributed by atoms with Crippen LogP contribution in [-0.2, 0) is 14.8 Å². The Morgan fingerprint density at radius 1 is 1.20 bits per heavy atom. The Morgan fingerprint density at radius 3 is 2.53 bits per heavy atom. The highest BCUT2D eigenvalue weighted by atomic mass is 32.2. The van der Waals surface area contributed by atoms with E-state index in [0.29, 0.717) is 24.0 Å². The van der Waals surface area contributed by atoms with Crippen molar-refractivity contribution < 1.29 is 22.7 Å². The lowest BCUT2D eigenvalue weighted by atomic mass is 10.1. The van der Waals surface area contributed by atoms with Crippen molar-refractivity contribution in [2.75, 3.05) is 27.3 Å². The Balaban J connectivity index is 2.03. The average molecular weight is 436 g/mol. The van der Waals surface area contributed by atoms with Crippen LogP contribution in [0.4, 0.5) is 0 Å². The fourth-order valence-electron chi connectivity index (χ4n) is 2.67. The van der Waals surface area contributed by atoms with Gasteiger partial charge in [-0.05, 0) is 42.7 Å². The first kappa shape index (κ1) is 23.6. The maximum Gasteiger partial charge on any atom is 0.244 e. The zero-order chi connectivity index (χ0) is 22.3. The second kappa shape index (κ2) is 10.4. The molecule has 30 heavy (non-hydrogen) atoms. The van der Waals surface area contributed by atoms with E-state index in [1.54, 1.807) is 19.2 Å². The number of likely N-dealkylation sites (N-methyl/N-ethyl adjacent to an activating group) is 1. The highest BCUT2D eigenvalue weighted by molar-refractivity contribution is 7.89. The highest BCUT2D eigenvalue weighted by Crippen LogP contribution is 2.30. The van der Waals surface area contributed by atoms with Crippen LogP contribution in [0.15, 0.2) is 47.6 Å². The average Bonchev–Trinajstić information content (AvgIpc) is 2.72. The summed E-state index contributed by atoms with van der Waals surface area (Å²) in [6.07, 6.45) is 2.74. The SMILES string of the molecule is COc1cc(C(C)NC(=O)CN(C)S(=O)(=O)c2cccnc2)ccc1OCC(C)C. The molecule has 0 saturated heterocycles. The molecule has 1 atom stereocenters. The smallest absolute Gasteiger partial charge is 0.244 e. The molecule has 0 aliphatic rings. The molecule has 0 radical (unpaired) electrons. The monoisotopic (exact) mass is 435 g/mol. The molecule has 0 spiro atoms. The van der Waals surface area contributed by atoms with Crippen LogP contribution in [0.25, 0.3) is 0 Å². The van der Waals surface area contributed by atoms with Gasteiger partial charge in [0.05, 0.1) is 26.3 Å². The number of nitrogens with one attached hydrogen (secondary N) is 1. The van der Waals surface area contributed by atoms with Gasteiger partial charge in [0.15, 0.2) is 11.5 Å². The Bertz CT molecular complexity index is 948. The van der Waals surface area contributed by atoms with Gasteiger partial charge in [-0.15, -0.1) is 0 Å². The fraction of sp³-hybridized carbons (Fsp3) is 0.429. The molecule has 1 N–H and O–H groups in total. The van der Waals surface area contributed by atoms with E-state index in [9.17, 15) is 13.2 Å². The molecule has 0 aliphatic heterocycles. The predicted molar refractivity (Wildman–Crippen MR) is 114 cm³/mol. The number of aromatic nitrogens is 1. The first-order valence-corrected chi connectivity index (χ1v) is 11.1. The number of hydrogen-bond donors (Lipinski definition) is 1. The van der Waals surface area contributed by atoms with E-state index >= 15 is 0 Å². The molecule has 0 fully saturated rings. The molecule has 2 aromatic rings. The number of nitrogens with zero attached hydrogens (tertiary/aromatic N) is 2. The summed E-state index contributed by atoms with van der Waals surface area (Å²) in [5.41, 5.74) is 0.815. The summed E-state index contributed by atoms with van der Waals surface area (Å²) in [5.74, 6) is 1.17. The lowest BCUT2D eigenvalue weighted by Gasteiger charge is -2.20. The molecule has 0 saturated carbocycles. The number of pyridine rings is 1. The number of ether oxygens (including phenoxy) is 2. The molecule has 9 heteroatoms. The van der Waals surface area contributed by atoms with Gasteiger partial charge < -0.3 is 14.8 Å². The number of hydrogen-bond acceptors (Lipinski definition) is 6. The summed E-state index contributed by atoms with van der Waals surface area (Å²) in [6.45, 7) is 6.19. The van der Waals surface area contributed by atoms with Gasteiger partial charge in [0, 0.05) is 19.4 Å². The largest absolute Gasteiger partial charge is 0.493 e. The molecule has 1 heterocycles. The van der Waals surface area contributed by atoms with Gasteiger partial charge in [-0.25, -0.2) is 8.42 Å². The number of sulfonamides is 1. The summed E-state index contributed by atoms with van der Waals surface area (Å²) >= 11 is 0. The molecule has 2 rings (SSSR count). The van der Waals surface area contributed by atoms with Crippen LogP contribution in [0, 0.1) is 5.92 Å². The third-order valence-electron chi connectivity index (χ3n) is 4.35. The van der Waals surface area contributed by atoms with Gasteiger partial charge in [-0.2, -0.15) is 4.31 Å². The van der Waals surface area contributed by atoms with Crippen molar-refractivity contribution in [2.24, 2.45) is 5.92 Å². The van der Waals surface area contributed by atoms with E-state index in [1.807, 2.05) is 13.0 Å². The van der Waals surface area contributed by atoms with Crippen molar-refractivity contribution in [2.45, 2.75) is 31.7 Å². The summed E-state index contributed by atoms with van der Waals surface area (Å²) < 4.78 is 37.2. The molecule has 8 nitrogen and oxygen atoms in total. The number of amides is 1. The second-order valence-corrected chi connectivity index (χ2v) is 9.40. The minimum absolute atomic E-state index is 0.0371. The van der Waals surface area contributed by atoms with Crippen LogP contribution >= 0.6 is 0 Å². The van der Waals surface area contributed by atoms with Crippen LogP contribution < -0.4 is 14.8 Å². The predicted octanol–water partition coefficient (Wildman–Crippen LogP) is 2.62. The second-order valence-electron chi connectivity index (χ2n) is 7.35. The maximum atomic E-state index is 12.5. The van der Waals surface area contributed by atoms with Crippen LogP contribution in [0.5, 0.6) is 11.5 Å². The summed E-state index contributed by atoms with van der Waals surface area (Å²) in [6, 6.07) is 8.08. The van der Waals surface area contributed by atoms with Gasteiger partial charge >= 0.3 is 0 Å². The summed E-state index contributed by atoms with van der Waals surface area (Å²) in [7, 11) is -0.875. The molecule has 1 unspecified atom stereocenters. The van der Waals surface area contributed by atoms with Gasteiger partial charge in [0.1, 0.15) is 4.90 Å². The minimum atomic E-state index is -3.79. The number of carbonyl (C=O) groups is 1. The van der Waals surface area contributed by atoms with E-state index < -0.39 is 15.9 Å². The van der Waals surface area contributed by atoms with Gasteiger partial charge in [0.25, 0.3) is 0 Å². The van der Waals surface area contributed by atoms with E-state index in [4.69, 9.17) is 9.47 Å². The normalized spacial score (nSPS) is 12.6. The maximum absolute atomic E-state index is 12.5. The van der Waals surface area contributed by atoms with Crippen LogP contribution in [0.3, 0.4) is 0 Å². The number of carbonyl (C=O) groups excluding carboxylic acids is 1. The Labute approximate surface area is 178 Å². The third kappa shape index (κ3) is 6.17. The van der Waals surface area contributed by atoms with Crippen LogP contribution in [-0.4, -0.2) is 50.9 Å². The van der Waals surface area contributed by atoms with Crippen molar-refractivity contribution in [1.29, 1.82) is 0 Å². The van der Waals surface area contributed by atoms with Crippen molar-refractivity contribution in [1.82, 2.24) is 14.6 Å². The van der Waals surface area contributed by atoms with E-state index in [0.717, 1.165) is 9.87 Å². The van der Waals surface area contributed by atoms with Crippen LogP contribution in [0.1, 0.15) is 32.4 Å². The Hall–Kier alpha value is -2.65.